The fourth-order valence-corrected chi connectivity index (χ4v) is 5.18. The number of carbonyl (C=O) groups is 1. The fourth-order valence-electron chi connectivity index (χ4n) is 5.18. The second kappa shape index (κ2) is 8.26. The van der Waals surface area contributed by atoms with E-state index in [-0.39, 0.29) is 18.3 Å². The molecule has 6 nitrogen and oxygen atoms in total. The van der Waals surface area contributed by atoms with Gasteiger partial charge in [0, 0.05) is 13.1 Å². The Morgan fingerprint density at radius 1 is 1.12 bits per heavy atom. The molecule has 3 aliphatic rings. The van der Waals surface area contributed by atoms with E-state index in [1.165, 1.54) is 38.5 Å². The Bertz CT molecular complexity index is 614. The van der Waals surface area contributed by atoms with Gasteiger partial charge in [-0.25, -0.2) is 4.68 Å². The number of nitrogens with zero attached hydrogens (tertiary/aromatic N) is 4. The lowest BCUT2D eigenvalue weighted by Gasteiger charge is -2.45. The average Bonchev–Trinajstić information content (AvgIpc) is 3.04. The third-order valence-electron chi connectivity index (χ3n) is 6.65. The highest BCUT2D eigenvalue weighted by molar-refractivity contribution is 5.93. The second-order valence-corrected chi connectivity index (χ2v) is 8.34. The van der Waals surface area contributed by atoms with Crippen molar-refractivity contribution in [2.45, 2.75) is 70.8 Å². The van der Waals surface area contributed by atoms with Crippen LogP contribution in [0.25, 0.3) is 0 Å². The summed E-state index contributed by atoms with van der Waals surface area (Å²) in [6.07, 6.45) is 11.1. The number of hydrogen-bond donors (Lipinski definition) is 1. The summed E-state index contributed by atoms with van der Waals surface area (Å²) in [5.41, 5.74) is 1.90. The van der Waals surface area contributed by atoms with Gasteiger partial charge in [-0.1, -0.05) is 24.5 Å². The van der Waals surface area contributed by atoms with E-state index in [1.54, 1.807) is 0 Å². The molecule has 0 radical (unpaired) electrons. The Morgan fingerprint density at radius 3 is 2.54 bits per heavy atom. The zero-order chi connectivity index (χ0) is 17.3. The summed E-state index contributed by atoms with van der Waals surface area (Å²) in [6.45, 7) is 5.84. The molecule has 1 aliphatic carbocycles. The van der Waals surface area contributed by atoms with Crippen LogP contribution < -0.4 is 5.32 Å². The number of nitrogens with one attached hydrogen (secondary N) is 1. The fraction of sp³-hybridized carbons (Fsp3) is 0.842. The van der Waals surface area contributed by atoms with Crippen molar-refractivity contribution in [2.24, 2.45) is 5.41 Å². The maximum absolute atomic E-state index is 13.1. The zero-order valence-corrected chi connectivity index (χ0v) is 16.7. The van der Waals surface area contributed by atoms with Crippen molar-refractivity contribution in [1.82, 2.24) is 25.2 Å². The highest BCUT2D eigenvalue weighted by Gasteiger charge is 2.39. The van der Waals surface area contributed by atoms with Crippen LogP contribution >= 0.6 is 12.4 Å². The van der Waals surface area contributed by atoms with E-state index in [9.17, 15) is 4.79 Å². The Balaban J connectivity index is 0.00000196. The van der Waals surface area contributed by atoms with Gasteiger partial charge in [-0.15, -0.1) is 17.5 Å². The van der Waals surface area contributed by atoms with Gasteiger partial charge in [0.25, 0.3) is 5.91 Å². The quantitative estimate of drug-likeness (QED) is 0.854. The van der Waals surface area contributed by atoms with Crippen LogP contribution in [0.2, 0.25) is 0 Å². The molecule has 2 saturated heterocycles. The van der Waals surface area contributed by atoms with E-state index in [1.807, 2.05) is 11.6 Å². The molecule has 1 aromatic rings. The van der Waals surface area contributed by atoms with Gasteiger partial charge in [0.2, 0.25) is 0 Å². The molecule has 1 aromatic heterocycles. The number of aromatic nitrogens is 3. The molecule has 1 amide bonds. The van der Waals surface area contributed by atoms with E-state index >= 15 is 0 Å². The number of likely N-dealkylation sites (tertiary alicyclic amines) is 1. The van der Waals surface area contributed by atoms with Crippen LogP contribution in [0.15, 0.2) is 0 Å². The van der Waals surface area contributed by atoms with Gasteiger partial charge < -0.3 is 10.2 Å². The number of carbonyl (C=O) groups excluding carboxylic acids is 1. The summed E-state index contributed by atoms with van der Waals surface area (Å²) in [5, 5.41) is 12.0. The maximum Gasteiger partial charge on any atom is 0.276 e. The average molecular weight is 382 g/mol. The summed E-state index contributed by atoms with van der Waals surface area (Å²) < 4.78 is 1.99. The van der Waals surface area contributed by atoms with Crippen LogP contribution in [0.5, 0.6) is 0 Å². The van der Waals surface area contributed by atoms with Crippen LogP contribution in [-0.4, -0.2) is 52.0 Å². The third kappa shape index (κ3) is 3.77. The van der Waals surface area contributed by atoms with Crippen LogP contribution in [0.4, 0.5) is 0 Å². The third-order valence-corrected chi connectivity index (χ3v) is 6.65. The minimum atomic E-state index is 0. The molecule has 1 N–H and O–H groups in total. The highest BCUT2D eigenvalue weighted by Crippen LogP contribution is 2.43. The number of hydrogen-bond acceptors (Lipinski definition) is 4. The first-order valence-corrected chi connectivity index (χ1v) is 10.1. The van der Waals surface area contributed by atoms with Gasteiger partial charge in [0.15, 0.2) is 5.69 Å². The van der Waals surface area contributed by atoms with Crippen molar-refractivity contribution in [1.29, 1.82) is 0 Å². The number of halogens is 1. The molecule has 0 atom stereocenters. The summed E-state index contributed by atoms with van der Waals surface area (Å²) in [7, 11) is 0. The molecule has 3 fully saturated rings. The Hall–Kier alpha value is -1.14. The van der Waals surface area contributed by atoms with E-state index in [2.05, 4.69) is 20.5 Å². The standard InChI is InChI=1S/C19H31N5O.ClH/c1-15-17(21-22-24(15)16-6-11-20-12-7-16)18(25)23-13-5-10-19(14-23)8-3-2-4-9-19;/h16,20H,2-14H2,1H3;1H. The number of amides is 1. The summed E-state index contributed by atoms with van der Waals surface area (Å²) in [5.74, 6) is 0.0994. The minimum absolute atomic E-state index is 0. The van der Waals surface area contributed by atoms with Crippen LogP contribution in [-0.2, 0) is 0 Å². The number of rotatable bonds is 2. The maximum atomic E-state index is 13.1. The SMILES string of the molecule is Cc1c(C(=O)N2CCCC3(CCCCC3)C2)nnn1C1CCNCC1.Cl. The Morgan fingerprint density at radius 2 is 1.81 bits per heavy atom. The summed E-state index contributed by atoms with van der Waals surface area (Å²) in [4.78, 5) is 15.2. The number of piperidine rings is 2. The van der Waals surface area contributed by atoms with Crippen molar-refractivity contribution in [3.63, 3.8) is 0 Å². The normalized spacial score (nSPS) is 23.7. The van der Waals surface area contributed by atoms with Crippen molar-refractivity contribution in [3.05, 3.63) is 11.4 Å². The topological polar surface area (TPSA) is 63.1 Å². The summed E-state index contributed by atoms with van der Waals surface area (Å²) >= 11 is 0. The zero-order valence-electron chi connectivity index (χ0n) is 15.9. The minimum Gasteiger partial charge on any atom is -0.337 e. The first-order chi connectivity index (χ1) is 12.2. The molecule has 0 aromatic carbocycles. The van der Waals surface area contributed by atoms with Crippen LogP contribution in [0.3, 0.4) is 0 Å². The molecule has 3 heterocycles. The smallest absolute Gasteiger partial charge is 0.276 e. The van der Waals surface area contributed by atoms with E-state index in [0.717, 1.165) is 51.1 Å². The van der Waals surface area contributed by atoms with Gasteiger partial charge in [0.05, 0.1) is 11.7 Å². The molecule has 1 saturated carbocycles. The first-order valence-electron chi connectivity index (χ1n) is 10.1. The lowest BCUT2D eigenvalue weighted by Crippen LogP contribution is -2.47. The van der Waals surface area contributed by atoms with Crippen molar-refractivity contribution in [3.8, 4) is 0 Å². The second-order valence-electron chi connectivity index (χ2n) is 8.34. The molecule has 7 heteroatoms. The predicted octanol–water partition coefficient (Wildman–Crippen LogP) is 3.12. The van der Waals surface area contributed by atoms with Crippen LogP contribution in [0, 0.1) is 12.3 Å². The lowest BCUT2D eigenvalue weighted by molar-refractivity contribution is 0.0379. The van der Waals surface area contributed by atoms with Crippen molar-refractivity contribution in [2.75, 3.05) is 26.2 Å². The van der Waals surface area contributed by atoms with Gasteiger partial charge in [-0.3, -0.25) is 4.79 Å². The predicted molar refractivity (Wildman–Crippen MR) is 104 cm³/mol. The molecule has 0 unspecified atom stereocenters. The lowest BCUT2D eigenvalue weighted by atomic mass is 9.69. The Kier molecular flexibility index (Phi) is 6.23. The van der Waals surface area contributed by atoms with E-state index < -0.39 is 0 Å². The van der Waals surface area contributed by atoms with E-state index in [0.29, 0.717) is 17.2 Å². The molecular weight excluding hydrogens is 350 g/mol. The molecule has 26 heavy (non-hydrogen) atoms. The molecule has 146 valence electrons. The highest BCUT2D eigenvalue weighted by atomic mass is 35.5. The van der Waals surface area contributed by atoms with Gasteiger partial charge in [0.1, 0.15) is 0 Å². The largest absolute Gasteiger partial charge is 0.337 e. The van der Waals surface area contributed by atoms with Gasteiger partial charge >= 0.3 is 0 Å². The molecule has 0 bridgehead atoms. The van der Waals surface area contributed by atoms with Gasteiger partial charge in [-0.05, 0) is 64.0 Å². The molecule has 4 rings (SSSR count). The van der Waals surface area contributed by atoms with Crippen molar-refractivity contribution >= 4 is 18.3 Å². The van der Waals surface area contributed by atoms with Crippen molar-refractivity contribution < 1.29 is 4.79 Å². The molecular formula is C19H32ClN5O. The first kappa shape index (κ1) is 19.6. The van der Waals surface area contributed by atoms with E-state index in [4.69, 9.17) is 0 Å². The van der Waals surface area contributed by atoms with Crippen LogP contribution in [0.1, 0.15) is 80.0 Å². The molecule has 1 spiro atoms. The monoisotopic (exact) mass is 381 g/mol. The molecule has 2 aliphatic heterocycles. The Labute approximate surface area is 162 Å². The summed E-state index contributed by atoms with van der Waals surface area (Å²) in [6, 6.07) is 0.376. The van der Waals surface area contributed by atoms with Gasteiger partial charge in [-0.2, -0.15) is 0 Å².